The van der Waals surface area contributed by atoms with Gasteiger partial charge in [0, 0.05) is 16.7 Å². The number of alkyl halides is 2. The predicted octanol–water partition coefficient (Wildman–Crippen LogP) is 2.58. The van der Waals surface area contributed by atoms with Gasteiger partial charge in [0.15, 0.2) is 5.75 Å². The Hall–Kier alpha value is -0.780. The van der Waals surface area contributed by atoms with Gasteiger partial charge in [-0.1, -0.05) is 0 Å². The number of rotatable bonds is 2. The standard InChI is InChI=1S/C6H3BrF3NO/c7-3-1-4(12-6(9)10)5(8)11-2-3/h1-2,6H. The van der Waals surface area contributed by atoms with Gasteiger partial charge in [-0.2, -0.15) is 13.2 Å². The first-order valence-electron chi connectivity index (χ1n) is 2.85. The van der Waals surface area contributed by atoms with Crippen molar-refractivity contribution in [2.24, 2.45) is 0 Å². The van der Waals surface area contributed by atoms with Crippen LogP contribution < -0.4 is 4.74 Å². The lowest BCUT2D eigenvalue weighted by atomic mass is 10.4. The minimum absolute atomic E-state index is 0.375. The van der Waals surface area contributed by atoms with Gasteiger partial charge in [-0.25, -0.2) is 4.98 Å². The van der Waals surface area contributed by atoms with E-state index in [4.69, 9.17) is 0 Å². The van der Waals surface area contributed by atoms with Gasteiger partial charge in [0.2, 0.25) is 0 Å². The van der Waals surface area contributed by atoms with Crippen LogP contribution in [0.5, 0.6) is 5.75 Å². The van der Waals surface area contributed by atoms with Gasteiger partial charge < -0.3 is 4.74 Å². The Morgan fingerprint density at radius 1 is 1.50 bits per heavy atom. The second kappa shape index (κ2) is 3.75. The first kappa shape index (κ1) is 9.31. The molecule has 0 unspecified atom stereocenters. The largest absolute Gasteiger partial charge is 0.430 e. The summed E-state index contributed by atoms with van der Waals surface area (Å²) in [4.78, 5) is 3.16. The Labute approximate surface area is 74.5 Å². The number of aromatic nitrogens is 1. The maximum absolute atomic E-state index is 12.5. The van der Waals surface area contributed by atoms with E-state index in [-0.39, 0.29) is 0 Å². The van der Waals surface area contributed by atoms with E-state index < -0.39 is 18.3 Å². The molecule has 6 heteroatoms. The molecule has 0 aliphatic rings. The van der Waals surface area contributed by atoms with Crippen LogP contribution in [0.4, 0.5) is 13.2 Å². The van der Waals surface area contributed by atoms with Gasteiger partial charge in [-0.15, -0.1) is 0 Å². The minimum Gasteiger partial charge on any atom is -0.430 e. The Kier molecular flexibility index (Phi) is 2.91. The fourth-order valence-electron chi connectivity index (χ4n) is 0.583. The highest BCUT2D eigenvalue weighted by Crippen LogP contribution is 2.21. The maximum Gasteiger partial charge on any atom is 0.387 e. The normalized spacial score (nSPS) is 10.4. The van der Waals surface area contributed by atoms with E-state index in [2.05, 4.69) is 25.7 Å². The highest BCUT2D eigenvalue weighted by molar-refractivity contribution is 9.10. The number of hydrogen-bond donors (Lipinski definition) is 0. The summed E-state index contributed by atoms with van der Waals surface area (Å²) in [6.45, 7) is -3.05. The molecule has 0 radical (unpaired) electrons. The minimum atomic E-state index is -3.05. The molecule has 0 atom stereocenters. The van der Waals surface area contributed by atoms with Crippen molar-refractivity contribution in [1.82, 2.24) is 4.98 Å². The van der Waals surface area contributed by atoms with Crippen LogP contribution in [0.2, 0.25) is 0 Å². The summed E-state index contributed by atoms with van der Waals surface area (Å²) in [7, 11) is 0. The summed E-state index contributed by atoms with van der Waals surface area (Å²) in [5.74, 6) is -1.63. The van der Waals surface area contributed by atoms with Crippen LogP contribution in [-0.2, 0) is 0 Å². The van der Waals surface area contributed by atoms with Gasteiger partial charge >= 0.3 is 6.61 Å². The predicted molar refractivity (Wildman–Crippen MR) is 38.5 cm³/mol. The van der Waals surface area contributed by atoms with E-state index in [1.807, 2.05) is 0 Å². The van der Waals surface area contributed by atoms with Crippen LogP contribution in [0.1, 0.15) is 0 Å². The maximum atomic E-state index is 12.5. The average Bonchev–Trinajstić information content (AvgIpc) is 1.96. The van der Waals surface area contributed by atoms with Crippen LogP contribution >= 0.6 is 15.9 Å². The van der Waals surface area contributed by atoms with Crippen LogP contribution in [0, 0.1) is 5.95 Å². The van der Waals surface area contributed by atoms with Crippen LogP contribution in [0.3, 0.4) is 0 Å². The van der Waals surface area contributed by atoms with Crippen molar-refractivity contribution in [3.63, 3.8) is 0 Å². The molecular weight excluding hydrogens is 239 g/mol. The molecule has 0 bridgehead atoms. The fraction of sp³-hybridized carbons (Fsp3) is 0.167. The lowest BCUT2D eigenvalue weighted by Crippen LogP contribution is -2.04. The van der Waals surface area contributed by atoms with Gasteiger partial charge in [-0.05, 0) is 15.9 Å². The second-order valence-corrected chi connectivity index (χ2v) is 2.74. The van der Waals surface area contributed by atoms with Gasteiger partial charge in [0.05, 0.1) is 0 Å². The molecule has 0 saturated carbocycles. The molecule has 0 saturated heterocycles. The zero-order valence-electron chi connectivity index (χ0n) is 5.60. The van der Waals surface area contributed by atoms with Gasteiger partial charge in [0.25, 0.3) is 5.95 Å². The SMILES string of the molecule is Fc1ncc(Br)cc1OC(F)F. The highest BCUT2D eigenvalue weighted by atomic mass is 79.9. The molecule has 0 spiro atoms. The summed E-state index contributed by atoms with van der Waals surface area (Å²) >= 11 is 2.93. The number of ether oxygens (including phenoxy) is 1. The number of hydrogen-bond acceptors (Lipinski definition) is 2. The fourth-order valence-corrected chi connectivity index (χ4v) is 0.893. The number of pyridine rings is 1. The topological polar surface area (TPSA) is 22.1 Å². The third-order valence-electron chi connectivity index (χ3n) is 0.990. The van der Waals surface area contributed by atoms with Crippen molar-refractivity contribution in [2.45, 2.75) is 6.61 Å². The number of nitrogens with zero attached hydrogens (tertiary/aromatic N) is 1. The summed E-state index contributed by atoms with van der Waals surface area (Å²) in [5.41, 5.74) is 0. The van der Waals surface area contributed by atoms with Crippen molar-refractivity contribution in [2.75, 3.05) is 0 Å². The Bertz CT molecular complexity index is 281. The third kappa shape index (κ3) is 2.37. The molecule has 0 aliphatic heterocycles. The van der Waals surface area contributed by atoms with E-state index in [9.17, 15) is 13.2 Å². The smallest absolute Gasteiger partial charge is 0.387 e. The molecule has 12 heavy (non-hydrogen) atoms. The molecule has 1 aromatic rings. The summed E-state index contributed by atoms with van der Waals surface area (Å²) < 4.78 is 39.9. The summed E-state index contributed by atoms with van der Waals surface area (Å²) in [5, 5.41) is 0. The quantitative estimate of drug-likeness (QED) is 0.743. The molecule has 66 valence electrons. The molecule has 1 rings (SSSR count). The molecule has 0 aromatic carbocycles. The van der Waals surface area contributed by atoms with Crippen molar-refractivity contribution in [1.29, 1.82) is 0 Å². The van der Waals surface area contributed by atoms with Crippen molar-refractivity contribution < 1.29 is 17.9 Å². The lowest BCUT2D eigenvalue weighted by Gasteiger charge is -2.04. The van der Waals surface area contributed by atoms with Gasteiger partial charge in [0.1, 0.15) is 0 Å². The molecule has 0 amide bonds. The Balaban J connectivity index is 2.90. The highest BCUT2D eigenvalue weighted by Gasteiger charge is 2.10. The van der Waals surface area contributed by atoms with Crippen molar-refractivity contribution in [3.05, 3.63) is 22.7 Å². The molecule has 0 fully saturated rings. The first-order chi connectivity index (χ1) is 5.59. The van der Waals surface area contributed by atoms with E-state index in [1.165, 1.54) is 0 Å². The zero-order chi connectivity index (χ0) is 9.14. The molecule has 0 aliphatic carbocycles. The molecule has 2 nitrogen and oxygen atoms in total. The molecule has 0 N–H and O–H groups in total. The molecule has 1 aromatic heterocycles. The monoisotopic (exact) mass is 241 g/mol. The van der Waals surface area contributed by atoms with E-state index in [1.54, 1.807) is 0 Å². The zero-order valence-corrected chi connectivity index (χ0v) is 7.19. The Morgan fingerprint density at radius 2 is 2.17 bits per heavy atom. The van der Waals surface area contributed by atoms with E-state index >= 15 is 0 Å². The molecule has 1 heterocycles. The summed E-state index contributed by atoms with van der Waals surface area (Å²) in [6.07, 6.45) is 1.15. The Morgan fingerprint density at radius 3 is 2.75 bits per heavy atom. The van der Waals surface area contributed by atoms with Crippen molar-refractivity contribution >= 4 is 15.9 Å². The van der Waals surface area contributed by atoms with Crippen molar-refractivity contribution in [3.8, 4) is 5.75 Å². The van der Waals surface area contributed by atoms with Gasteiger partial charge in [-0.3, -0.25) is 0 Å². The van der Waals surface area contributed by atoms with E-state index in [0.29, 0.717) is 4.47 Å². The van der Waals surface area contributed by atoms with E-state index in [0.717, 1.165) is 12.3 Å². The number of halogens is 4. The second-order valence-electron chi connectivity index (χ2n) is 1.82. The third-order valence-corrected chi connectivity index (χ3v) is 1.42. The average molecular weight is 242 g/mol. The van der Waals surface area contributed by atoms with Crippen LogP contribution in [0.15, 0.2) is 16.7 Å². The summed E-state index contributed by atoms with van der Waals surface area (Å²) in [6, 6.07) is 1.08. The first-order valence-corrected chi connectivity index (χ1v) is 3.65. The lowest BCUT2D eigenvalue weighted by molar-refractivity contribution is -0.0527. The van der Waals surface area contributed by atoms with Crippen LogP contribution in [-0.4, -0.2) is 11.6 Å². The molecular formula is C6H3BrF3NO. The van der Waals surface area contributed by atoms with Crippen LogP contribution in [0.25, 0.3) is 0 Å².